The molecular formula is C21H23BrN4O3S. The van der Waals surface area contributed by atoms with Crippen LogP contribution in [0.4, 0.5) is 5.13 Å². The summed E-state index contributed by atoms with van der Waals surface area (Å²) < 4.78 is 7.75. The number of ether oxygens (including phenoxy) is 1. The number of thiazole rings is 1. The summed E-state index contributed by atoms with van der Waals surface area (Å²) in [5.41, 5.74) is 1.90. The molecule has 2 heterocycles. The molecule has 0 unspecified atom stereocenters. The van der Waals surface area contributed by atoms with Crippen molar-refractivity contribution in [3.05, 3.63) is 46.2 Å². The van der Waals surface area contributed by atoms with Crippen molar-refractivity contribution in [3.63, 3.8) is 0 Å². The first-order chi connectivity index (χ1) is 14.1. The van der Waals surface area contributed by atoms with Gasteiger partial charge in [0.1, 0.15) is 0 Å². The van der Waals surface area contributed by atoms with Crippen molar-refractivity contribution < 1.29 is 14.3 Å². The average Bonchev–Trinajstić information content (AvgIpc) is 3.25. The first-order valence-electron chi connectivity index (χ1n) is 9.42. The number of aromatic nitrogens is 3. The Kier molecular flexibility index (Phi) is 6.42. The van der Waals surface area contributed by atoms with E-state index in [0.29, 0.717) is 10.8 Å². The lowest BCUT2D eigenvalue weighted by Gasteiger charge is -2.15. The van der Waals surface area contributed by atoms with E-state index in [-0.39, 0.29) is 18.2 Å². The van der Waals surface area contributed by atoms with Crippen LogP contribution in [0.25, 0.3) is 16.3 Å². The minimum absolute atomic E-state index is 0.114. The quantitative estimate of drug-likeness (QED) is 0.494. The monoisotopic (exact) mass is 490 g/mol. The lowest BCUT2D eigenvalue weighted by Crippen LogP contribution is -2.27. The molecule has 3 aromatic rings. The average molecular weight is 491 g/mol. The number of hydrogen-bond acceptors (Lipinski definition) is 6. The van der Waals surface area contributed by atoms with Crippen LogP contribution >= 0.6 is 27.3 Å². The van der Waals surface area contributed by atoms with Gasteiger partial charge in [-0.15, -0.1) is 0 Å². The Morgan fingerprint density at radius 3 is 2.50 bits per heavy atom. The predicted molar refractivity (Wildman–Crippen MR) is 121 cm³/mol. The van der Waals surface area contributed by atoms with Gasteiger partial charge in [0.05, 0.1) is 28.6 Å². The van der Waals surface area contributed by atoms with E-state index in [9.17, 15) is 9.59 Å². The molecule has 30 heavy (non-hydrogen) atoms. The van der Waals surface area contributed by atoms with E-state index in [1.165, 1.54) is 11.3 Å². The minimum Gasteiger partial charge on any atom is -0.461 e. The maximum atomic E-state index is 12.3. The maximum Gasteiger partial charge on any atom is 0.358 e. The molecule has 9 heteroatoms. The Hall–Kier alpha value is -2.52. The van der Waals surface area contributed by atoms with Gasteiger partial charge >= 0.3 is 5.97 Å². The van der Waals surface area contributed by atoms with Gasteiger partial charge in [-0.3, -0.25) is 4.79 Å². The van der Waals surface area contributed by atoms with E-state index in [4.69, 9.17) is 4.74 Å². The largest absolute Gasteiger partial charge is 0.461 e. The molecule has 0 bridgehead atoms. The molecule has 0 fully saturated rings. The van der Waals surface area contributed by atoms with Gasteiger partial charge in [0.25, 0.3) is 0 Å². The summed E-state index contributed by atoms with van der Waals surface area (Å²) in [6.07, 6.45) is 0. The molecular weight excluding hydrogens is 468 g/mol. The number of amides is 1. The second-order valence-corrected chi connectivity index (χ2v) is 9.58. The fourth-order valence-electron chi connectivity index (χ4n) is 2.60. The highest BCUT2D eigenvalue weighted by Crippen LogP contribution is 2.35. The molecule has 0 saturated carbocycles. The lowest BCUT2D eigenvalue weighted by molar-refractivity contribution is -0.123. The molecule has 0 saturated heterocycles. The molecule has 0 spiro atoms. The highest BCUT2D eigenvalue weighted by molar-refractivity contribution is 9.10. The van der Waals surface area contributed by atoms with Crippen LogP contribution in [0.1, 0.15) is 43.9 Å². The Morgan fingerprint density at radius 1 is 1.23 bits per heavy atom. The van der Waals surface area contributed by atoms with Crippen LogP contribution in [0.5, 0.6) is 0 Å². The van der Waals surface area contributed by atoms with Gasteiger partial charge in [0.2, 0.25) is 5.91 Å². The molecule has 3 rings (SSSR count). The van der Waals surface area contributed by atoms with E-state index in [1.54, 1.807) is 17.7 Å². The molecule has 0 radical (unpaired) electrons. The molecule has 0 aliphatic carbocycles. The molecule has 0 atom stereocenters. The van der Waals surface area contributed by atoms with E-state index >= 15 is 0 Å². The zero-order valence-corrected chi connectivity index (χ0v) is 19.8. The summed E-state index contributed by atoms with van der Waals surface area (Å²) in [5.74, 6) is -0.602. The standard InChI is InChI=1S/C21H23BrN4O3S/c1-6-29-18(27)15-11-16(26(25-15)14-9-7-13(22)8-10-14)17-12(2)23-20(30-17)24-19(28)21(3,4)5/h7-11H,6H2,1-5H3,(H,23,24,28). The van der Waals surface area contributed by atoms with Crippen molar-refractivity contribution in [2.24, 2.45) is 5.41 Å². The van der Waals surface area contributed by atoms with E-state index in [2.05, 4.69) is 31.3 Å². The van der Waals surface area contributed by atoms with Crippen molar-refractivity contribution >= 4 is 44.3 Å². The number of carbonyl (C=O) groups excluding carboxylic acids is 2. The summed E-state index contributed by atoms with van der Waals surface area (Å²) in [6.45, 7) is 9.42. The second kappa shape index (κ2) is 8.69. The number of aryl methyl sites for hydroxylation is 1. The zero-order valence-electron chi connectivity index (χ0n) is 17.4. The second-order valence-electron chi connectivity index (χ2n) is 7.66. The number of benzene rings is 1. The predicted octanol–water partition coefficient (Wildman–Crippen LogP) is 5.23. The van der Waals surface area contributed by atoms with Crippen molar-refractivity contribution in [2.45, 2.75) is 34.6 Å². The smallest absolute Gasteiger partial charge is 0.358 e. The third kappa shape index (κ3) is 4.79. The van der Waals surface area contributed by atoms with Gasteiger partial charge in [-0.25, -0.2) is 14.5 Å². The van der Waals surface area contributed by atoms with Crippen LogP contribution in [-0.2, 0) is 9.53 Å². The maximum absolute atomic E-state index is 12.3. The van der Waals surface area contributed by atoms with Crippen LogP contribution in [0.3, 0.4) is 0 Å². The highest BCUT2D eigenvalue weighted by Gasteiger charge is 2.25. The molecule has 1 N–H and O–H groups in total. The summed E-state index contributed by atoms with van der Waals surface area (Å²) in [6, 6.07) is 9.29. The van der Waals surface area contributed by atoms with E-state index < -0.39 is 11.4 Å². The normalized spacial score (nSPS) is 11.4. The third-order valence-corrected chi connectivity index (χ3v) is 5.82. The minimum atomic E-state index is -0.532. The molecule has 1 amide bonds. The number of halogens is 1. The van der Waals surface area contributed by atoms with Crippen molar-refractivity contribution in [1.29, 1.82) is 0 Å². The Morgan fingerprint density at radius 2 is 1.90 bits per heavy atom. The SMILES string of the molecule is CCOC(=O)c1cc(-c2sc(NC(=O)C(C)(C)C)nc2C)n(-c2ccc(Br)cc2)n1. The summed E-state index contributed by atoms with van der Waals surface area (Å²) >= 11 is 4.77. The Balaban J connectivity index is 2.07. The van der Waals surface area contributed by atoms with Crippen LogP contribution in [0.15, 0.2) is 34.8 Å². The zero-order chi connectivity index (χ0) is 22.1. The van der Waals surface area contributed by atoms with Gasteiger partial charge in [-0.1, -0.05) is 48.0 Å². The van der Waals surface area contributed by atoms with Crippen molar-refractivity contribution in [1.82, 2.24) is 14.8 Å². The third-order valence-electron chi connectivity index (χ3n) is 4.20. The van der Waals surface area contributed by atoms with Crippen molar-refractivity contribution in [2.75, 3.05) is 11.9 Å². The van der Waals surface area contributed by atoms with E-state index in [1.807, 2.05) is 52.0 Å². The number of anilines is 1. The molecule has 158 valence electrons. The number of nitrogens with zero attached hydrogens (tertiary/aromatic N) is 3. The number of hydrogen-bond donors (Lipinski definition) is 1. The van der Waals surface area contributed by atoms with E-state index in [0.717, 1.165) is 20.7 Å². The summed E-state index contributed by atoms with van der Waals surface area (Å²) in [7, 11) is 0. The summed E-state index contributed by atoms with van der Waals surface area (Å²) in [4.78, 5) is 30.0. The van der Waals surface area contributed by atoms with Gasteiger partial charge < -0.3 is 10.1 Å². The molecule has 2 aromatic heterocycles. The van der Waals surface area contributed by atoms with Crippen LogP contribution in [0, 0.1) is 12.3 Å². The van der Waals surface area contributed by atoms with Gasteiger partial charge in [-0.2, -0.15) is 5.10 Å². The number of carbonyl (C=O) groups is 2. The molecule has 0 aliphatic heterocycles. The first kappa shape index (κ1) is 22.2. The molecule has 1 aromatic carbocycles. The van der Waals surface area contributed by atoms with Crippen LogP contribution in [0.2, 0.25) is 0 Å². The fourth-order valence-corrected chi connectivity index (χ4v) is 3.83. The number of esters is 1. The van der Waals surface area contributed by atoms with Gasteiger partial charge in [0, 0.05) is 16.0 Å². The van der Waals surface area contributed by atoms with Crippen LogP contribution in [-0.4, -0.2) is 33.2 Å². The highest BCUT2D eigenvalue weighted by atomic mass is 79.9. The topological polar surface area (TPSA) is 86.1 Å². The first-order valence-corrected chi connectivity index (χ1v) is 11.0. The Labute approximate surface area is 187 Å². The summed E-state index contributed by atoms with van der Waals surface area (Å²) in [5, 5.41) is 7.85. The van der Waals surface area contributed by atoms with Crippen LogP contribution < -0.4 is 5.32 Å². The molecule has 7 nitrogen and oxygen atoms in total. The molecule has 0 aliphatic rings. The fraction of sp³-hybridized carbons (Fsp3) is 0.333. The van der Waals surface area contributed by atoms with Gasteiger partial charge in [0.15, 0.2) is 10.8 Å². The lowest BCUT2D eigenvalue weighted by atomic mass is 9.96. The number of nitrogens with one attached hydrogen (secondary N) is 1. The van der Waals surface area contributed by atoms with Gasteiger partial charge in [-0.05, 0) is 38.1 Å². The number of rotatable bonds is 5. The van der Waals surface area contributed by atoms with Crippen molar-refractivity contribution in [3.8, 4) is 16.3 Å². The Bertz CT molecular complexity index is 1080.